The molecule has 3 nitrogen and oxygen atoms in total. The summed E-state index contributed by atoms with van der Waals surface area (Å²) >= 11 is 0. The van der Waals surface area contributed by atoms with Crippen LogP contribution in [0.25, 0.3) is 0 Å². The van der Waals surface area contributed by atoms with Gasteiger partial charge in [-0.2, -0.15) is 0 Å². The van der Waals surface area contributed by atoms with E-state index in [1.165, 1.54) is 0 Å². The van der Waals surface area contributed by atoms with E-state index >= 15 is 0 Å². The first-order chi connectivity index (χ1) is 4.92. The van der Waals surface area contributed by atoms with Gasteiger partial charge in [0.2, 0.25) is 5.91 Å². The van der Waals surface area contributed by atoms with Crippen molar-refractivity contribution < 1.29 is 4.79 Å². The molecule has 64 valence electrons. The second kappa shape index (κ2) is 4.01. The topological polar surface area (TPSA) is 55.1 Å². The van der Waals surface area contributed by atoms with Crippen molar-refractivity contribution in [3.63, 3.8) is 0 Å². The van der Waals surface area contributed by atoms with Crippen LogP contribution in [0.3, 0.4) is 0 Å². The monoisotopic (exact) mass is 156 g/mol. The molecule has 0 aromatic rings. The van der Waals surface area contributed by atoms with Crippen molar-refractivity contribution in [2.75, 3.05) is 0 Å². The number of rotatable bonds is 3. The molecular formula is C8H16N2O. The second-order valence-corrected chi connectivity index (χ2v) is 3.47. The zero-order valence-corrected chi connectivity index (χ0v) is 7.35. The molecule has 0 aliphatic heterocycles. The molecule has 0 rings (SSSR count). The predicted molar refractivity (Wildman–Crippen MR) is 45.8 cm³/mol. The molecule has 0 saturated heterocycles. The number of carbonyl (C=O) groups excluding carboxylic acids is 1. The van der Waals surface area contributed by atoms with E-state index in [2.05, 4.69) is 5.32 Å². The summed E-state index contributed by atoms with van der Waals surface area (Å²) in [5.41, 5.74) is 4.97. The lowest BCUT2D eigenvalue weighted by molar-refractivity contribution is -0.117. The fourth-order valence-corrected chi connectivity index (χ4v) is 0.484. The van der Waals surface area contributed by atoms with Gasteiger partial charge in [0, 0.05) is 12.0 Å². The normalized spacial score (nSPS) is 11.9. The van der Waals surface area contributed by atoms with Crippen LogP contribution in [-0.2, 0) is 4.79 Å². The molecule has 0 aromatic heterocycles. The summed E-state index contributed by atoms with van der Waals surface area (Å²) in [5.74, 6) is -0.308. The third kappa shape index (κ3) is 9.01. The minimum Gasteiger partial charge on any atom is -0.387 e. The molecule has 0 bridgehead atoms. The summed E-state index contributed by atoms with van der Waals surface area (Å²) in [6, 6.07) is 0. The number of nitrogens with one attached hydrogen (secondary N) is 1. The lowest BCUT2D eigenvalue weighted by Crippen LogP contribution is -2.31. The highest BCUT2D eigenvalue weighted by atomic mass is 16.1. The maximum Gasteiger partial charge on any atom is 0.221 e. The molecule has 0 unspecified atom stereocenters. The van der Waals surface area contributed by atoms with Crippen LogP contribution in [-0.4, -0.2) is 11.4 Å². The van der Waals surface area contributed by atoms with Crippen molar-refractivity contribution in [3.8, 4) is 0 Å². The number of nitrogens with two attached hydrogens (primary N) is 1. The number of amides is 1. The molecule has 1 amide bonds. The fourth-order valence-electron chi connectivity index (χ4n) is 0.484. The van der Waals surface area contributed by atoms with E-state index in [1.54, 1.807) is 12.3 Å². The van der Waals surface area contributed by atoms with Gasteiger partial charge in [0.1, 0.15) is 0 Å². The highest BCUT2D eigenvalue weighted by molar-refractivity contribution is 5.75. The minimum absolute atomic E-state index is 0.0497. The van der Waals surface area contributed by atoms with Gasteiger partial charge < -0.3 is 11.1 Å². The predicted octanol–water partition coefficient (Wildman–Crippen LogP) is 0.764. The number of hydrogen-bond acceptors (Lipinski definition) is 2. The molecule has 0 radical (unpaired) electrons. The van der Waals surface area contributed by atoms with Crippen LogP contribution in [0.5, 0.6) is 0 Å². The molecule has 3 heteroatoms. The van der Waals surface area contributed by atoms with Gasteiger partial charge in [-0.1, -0.05) is 6.08 Å². The van der Waals surface area contributed by atoms with Crippen molar-refractivity contribution in [2.45, 2.75) is 32.7 Å². The summed E-state index contributed by atoms with van der Waals surface area (Å²) < 4.78 is 0. The van der Waals surface area contributed by atoms with Gasteiger partial charge in [-0.3, -0.25) is 4.79 Å². The number of primary amides is 1. The van der Waals surface area contributed by atoms with Crippen molar-refractivity contribution in [1.29, 1.82) is 0 Å². The molecule has 3 N–H and O–H groups in total. The van der Waals surface area contributed by atoms with E-state index < -0.39 is 0 Å². The lowest BCUT2D eigenvalue weighted by Gasteiger charge is -2.18. The molecule has 0 aromatic carbocycles. The van der Waals surface area contributed by atoms with E-state index in [0.717, 1.165) is 0 Å². The second-order valence-electron chi connectivity index (χ2n) is 3.47. The van der Waals surface area contributed by atoms with E-state index in [-0.39, 0.29) is 11.4 Å². The van der Waals surface area contributed by atoms with Crippen molar-refractivity contribution in [1.82, 2.24) is 5.32 Å². The van der Waals surface area contributed by atoms with E-state index in [1.807, 2.05) is 20.8 Å². The molecule has 11 heavy (non-hydrogen) atoms. The first kappa shape index (κ1) is 10.0. The van der Waals surface area contributed by atoms with Gasteiger partial charge in [-0.25, -0.2) is 0 Å². The van der Waals surface area contributed by atoms with Crippen LogP contribution < -0.4 is 11.1 Å². The van der Waals surface area contributed by atoms with Gasteiger partial charge in [0.05, 0.1) is 0 Å². The molecule has 0 fully saturated rings. The van der Waals surface area contributed by atoms with Gasteiger partial charge >= 0.3 is 0 Å². The van der Waals surface area contributed by atoms with Gasteiger partial charge in [-0.15, -0.1) is 0 Å². The first-order valence-electron chi connectivity index (χ1n) is 3.63. The van der Waals surface area contributed by atoms with Crippen molar-refractivity contribution in [2.24, 2.45) is 5.73 Å². The summed E-state index contributed by atoms with van der Waals surface area (Å²) in [6.07, 6.45) is 3.77. The average Bonchev–Trinajstić information content (AvgIpc) is 1.78. The summed E-state index contributed by atoms with van der Waals surface area (Å²) in [5, 5.41) is 3.09. The Morgan fingerprint density at radius 1 is 1.55 bits per heavy atom. The standard InChI is InChI=1S/C8H16N2O/c1-8(2,3)10-6-4-5-7(9)11/h4,6,10H,5H2,1-3H3,(H2,9,11). The highest BCUT2D eigenvalue weighted by Crippen LogP contribution is 1.97. The van der Waals surface area contributed by atoms with Crippen LogP contribution in [0.15, 0.2) is 12.3 Å². The Kier molecular flexibility index (Phi) is 3.65. The molecule has 0 aliphatic rings. The van der Waals surface area contributed by atoms with Gasteiger partial charge in [0.25, 0.3) is 0 Å². The maximum atomic E-state index is 10.3. The highest BCUT2D eigenvalue weighted by Gasteiger charge is 2.03. The number of carbonyl (C=O) groups is 1. The Hall–Kier alpha value is -0.990. The summed E-state index contributed by atoms with van der Waals surface area (Å²) in [6.45, 7) is 6.13. The maximum absolute atomic E-state index is 10.3. The third-order valence-corrected chi connectivity index (χ3v) is 0.953. The molecule has 0 heterocycles. The van der Waals surface area contributed by atoms with Crippen LogP contribution in [0.2, 0.25) is 0 Å². The van der Waals surface area contributed by atoms with Crippen LogP contribution in [0.4, 0.5) is 0 Å². The molecular weight excluding hydrogens is 140 g/mol. The molecule has 0 saturated carbocycles. The Labute approximate surface area is 67.7 Å². The van der Waals surface area contributed by atoms with Crippen LogP contribution >= 0.6 is 0 Å². The SMILES string of the molecule is CC(C)(C)NC=CCC(N)=O. The van der Waals surface area contributed by atoms with Crippen molar-refractivity contribution >= 4 is 5.91 Å². The largest absolute Gasteiger partial charge is 0.387 e. The van der Waals surface area contributed by atoms with Gasteiger partial charge in [-0.05, 0) is 27.0 Å². The Balaban J connectivity index is 3.53. The Morgan fingerprint density at radius 2 is 2.09 bits per heavy atom. The summed E-state index contributed by atoms with van der Waals surface area (Å²) in [4.78, 5) is 10.3. The van der Waals surface area contributed by atoms with E-state index in [9.17, 15) is 4.79 Å². The minimum atomic E-state index is -0.308. The quantitative estimate of drug-likeness (QED) is 0.634. The van der Waals surface area contributed by atoms with Crippen LogP contribution in [0, 0.1) is 0 Å². The Morgan fingerprint density at radius 3 is 2.45 bits per heavy atom. The fraction of sp³-hybridized carbons (Fsp3) is 0.625. The van der Waals surface area contributed by atoms with E-state index in [0.29, 0.717) is 6.42 Å². The van der Waals surface area contributed by atoms with Crippen LogP contribution in [0.1, 0.15) is 27.2 Å². The average molecular weight is 156 g/mol. The molecule has 0 atom stereocenters. The zero-order chi connectivity index (χ0) is 8.91. The summed E-state index contributed by atoms with van der Waals surface area (Å²) in [7, 11) is 0. The lowest BCUT2D eigenvalue weighted by atomic mass is 10.1. The van der Waals surface area contributed by atoms with Gasteiger partial charge in [0.15, 0.2) is 0 Å². The first-order valence-corrected chi connectivity index (χ1v) is 3.63. The molecule has 0 aliphatic carbocycles. The molecule has 0 spiro atoms. The Bertz CT molecular complexity index is 156. The van der Waals surface area contributed by atoms with E-state index in [4.69, 9.17) is 5.73 Å². The van der Waals surface area contributed by atoms with Crippen molar-refractivity contribution in [3.05, 3.63) is 12.3 Å². The zero-order valence-electron chi connectivity index (χ0n) is 7.35. The third-order valence-electron chi connectivity index (χ3n) is 0.953. The number of hydrogen-bond donors (Lipinski definition) is 2. The smallest absolute Gasteiger partial charge is 0.221 e.